The number of nitrogens with zero attached hydrogens (tertiary/aromatic N) is 1. The summed E-state index contributed by atoms with van der Waals surface area (Å²) in [6.07, 6.45) is 1.57. The van der Waals surface area contributed by atoms with Crippen molar-refractivity contribution < 1.29 is 19.1 Å². The number of hydrazone groups is 1. The van der Waals surface area contributed by atoms with Crippen LogP contribution in [0.15, 0.2) is 64.2 Å². The number of nitrogens with one attached hydrogen (secondary N) is 2. The summed E-state index contributed by atoms with van der Waals surface area (Å²) in [7, 11) is 0. The fraction of sp³-hybridized carbons (Fsp3) is 0.250. The van der Waals surface area contributed by atoms with Crippen molar-refractivity contribution in [2.75, 3.05) is 11.9 Å². The third kappa shape index (κ3) is 8.91. The van der Waals surface area contributed by atoms with Gasteiger partial charge in [-0.15, -0.1) is 0 Å². The normalized spacial score (nSPS) is 10.8. The SMILES string of the molecule is CCOc1cc(C=NNC(=O)CCC(=O)Nc2cc(C)ccc2C)cc(Br)c1OCc1ccc(Cl)cc1. The van der Waals surface area contributed by atoms with E-state index >= 15 is 0 Å². The Labute approximate surface area is 230 Å². The Morgan fingerprint density at radius 1 is 1.00 bits per heavy atom. The summed E-state index contributed by atoms with van der Waals surface area (Å²) in [5.41, 5.74) is 6.89. The van der Waals surface area contributed by atoms with E-state index in [0.717, 1.165) is 22.4 Å². The van der Waals surface area contributed by atoms with Crippen molar-refractivity contribution in [3.05, 3.63) is 86.3 Å². The summed E-state index contributed by atoms with van der Waals surface area (Å²) in [6.45, 7) is 6.55. The molecule has 0 spiro atoms. The van der Waals surface area contributed by atoms with Crippen LogP contribution in [0.5, 0.6) is 11.5 Å². The zero-order valence-corrected chi connectivity index (χ0v) is 23.3. The van der Waals surface area contributed by atoms with Crippen LogP contribution in [0.25, 0.3) is 0 Å². The first kappa shape index (κ1) is 28.2. The number of ether oxygens (including phenoxy) is 2. The van der Waals surface area contributed by atoms with Crippen LogP contribution in [0.2, 0.25) is 5.02 Å². The molecule has 0 bridgehead atoms. The van der Waals surface area contributed by atoms with Gasteiger partial charge in [-0.1, -0.05) is 35.9 Å². The van der Waals surface area contributed by atoms with Gasteiger partial charge in [0.15, 0.2) is 11.5 Å². The molecule has 3 aromatic carbocycles. The molecule has 7 nitrogen and oxygen atoms in total. The van der Waals surface area contributed by atoms with E-state index in [1.54, 1.807) is 6.07 Å². The second kappa shape index (κ2) is 13.8. The number of amides is 2. The van der Waals surface area contributed by atoms with Crippen LogP contribution < -0.4 is 20.2 Å². The van der Waals surface area contributed by atoms with Crippen LogP contribution in [0.3, 0.4) is 0 Å². The van der Waals surface area contributed by atoms with Crippen molar-refractivity contribution in [2.45, 2.75) is 40.2 Å². The van der Waals surface area contributed by atoms with E-state index in [4.69, 9.17) is 21.1 Å². The highest BCUT2D eigenvalue weighted by atomic mass is 79.9. The summed E-state index contributed by atoms with van der Waals surface area (Å²) >= 11 is 9.48. The molecular formula is C28H29BrClN3O4. The zero-order chi connectivity index (χ0) is 26.8. The summed E-state index contributed by atoms with van der Waals surface area (Å²) in [5, 5.41) is 7.53. The van der Waals surface area contributed by atoms with Gasteiger partial charge >= 0.3 is 0 Å². The van der Waals surface area contributed by atoms with Crippen molar-refractivity contribution in [1.82, 2.24) is 5.43 Å². The third-order valence-electron chi connectivity index (χ3n) is 5.28. The number of hydrogen-bond donors (Lipinski definition) is 2. The van der Waals surface area contributed by atoms with Crippen molar-refractivity contribution in [3.8, 4) is 11.5 Å². The zero-order valence-electron chi connectivity index (χ0n) is 20.9. The van der Waals surface area contributed by atoms with Crippen molar-refractivity contribution in [1.29, 1.82) is 0 Å². The smallest absolute Gasteiger partial charge is 0.240 e. The van der Waals surface area contributed by atoms with E-state index < -0.39 is 0 Å². The molecule has 3 rings (SSSR count). The molecule has 37 heavy (non-hydrogen) atoms. The molecule has 2 amide bonds. The van der Waals surface area contributed by atoms with Crippen molar-refractivity contribution in [3.63, 3.8) is 0 Å². The average Bonchev–Trinajstić information content (AvgIpc) is 2.86. The molecule has 0 radical (unpaired) electrons. The Kier molecular flexibility index (Phi) is 10.5. The highest BCUT2D eigenvalue weighted by Crippen LogP contribution is 2.37. The molecule has 0 saturated carbocycles. The summed E-state index contributed by atoms with van der Waals surface area (Å²) in [6, 6.07) is 16.8. The number of halogens is 2. The van der Waals surface area contributed by atoms with Crippen LogP contribution in [-0.2, 0) is 16.2 Å². The first-order chi connectivity index (χ1) is 17.7. The maximum absolute atomic E-state index is 12.2. The topological polar surface area (TPSA) is 89.0 Å². The molecule has 0 saturated heterocycles. The van der Waals surface area contributed by atoms with Crippen molar-refractivity contribution >= 4 is 51.2 Å². The van der Waals surface area contributed by atoms with Gasteiger partial charge in [0.2, 0.25) is 11.8 Å². The molecule has 9 heteroatoms. The van der Waals surface area contributed by atoms with E-state index in [9.17, 15) is 9.59 Å². The molecule has 194 valence electrons. The van der Waals surface area contributed by atoms with E-state index in [-0.39, 0.29) is 24.7 Å². The van der Waals surface area contributed by atoms with Gasteiger partial charge in [-0.25, -0.2) is 5.43 Å². The summed E-state index contributed by atoms with van der Waals surface area (Å²) < 4.78 is 12.4. The Balaban J connectivity index is 1.54. The van der Waals surface area contributed by atoms with E-state index in [2.05, 4.69) is 31.8 Å². The number of carbonyl (C=O) groups excluding carboxylic acids is 2. The lowest BCUT2D eigenvalue weighted by Gasteiger charge is -2.14. The van der Waals surface area contributed by atoms with Gasteiger partial charge in [-0.2, -0.15) is 5.10 Å². The van der Waals surface area contributed by atoms with Gasteiger partial charge in [0.1, 0.15) is 6.61 Å². The highest BCUT2D eigenvalue weighted by Gasteiger charge is 2.13. The van der Waals surface area contributed by atoms with Gasteiger partial charge in [0.25, 0.3) is 0 Å². The van der Waals surface area contributed by atoms with Gasteiger partial charge < -0.3 is 14.8 Å². The summed E-state index contributed by atoms with van der Waals surface area (Å²) in [4.78, 5) is 24.4. The van der Waals surface area contributed by atoms with E-state index in [1.165, 1.54) is 6.21 Å². The van der Waals surface area contributed by atoms with Gasteiger partial charge in [-0.3, -0.25) is 9.59 Å². The lowest BCUT2D eigenvalue weighted by molar-refractivity contribution is -0.124. The predicted octanol–water partition coefficient (Wildman–Crippen LogP) is 6.57. The average molecular weight is 587 g/mol. The molecule has 2 N–H and O–H groups in total. The van der Waals surface area contributed by atoms with Crippen molar-refractivity contribution in [2.24, 2.45) is 5.10 Å². The molecule has 0 aromatic heterocycles. The third-order valence-corrected chi connectivity index (χ3v) is 6.12. The molecular weight excluding hydrogens is 558 g/mol. The van der Waals surface area contributed by atoms with Gasteiger partial charge in [0.05, 0.1) is 17.3 Å². The van der Waals surface area contributed by atoms with Crippen LogP contribution in [0, 0.1) is 13.8 Å². The Morgan fingerprint density at radius 2 is 1.73 bits per heavy atom. The highest BCUT2D eigenvalue weighted by molar-refractivity contribution is 9.10. The molecule has 0 aliphatic heterocycles. The van der Waals surface area contributed by atoms with Gasteiger partial charge in [-0.05, 0) is 89.3 Å². The summed E-state index contributed by atoms with van der Waals surface area (Å²) in [5.74, 6) is 0.515. The second-order valence-corrected chi connectivity index (χ2v) is 9.63. The number of hydrogen-bond acceptors (Lipinski definition) is 5. The quantitative estimate of drug-likeness (QED) is 0.197. The predicted molar refractivity (Wildman–Crippen MR) is 151 cm³/mol. The molecule has 0 atom stereocenters. The maximum atomic E-state index is 12.2. The maximum Gasteiger partial charge on any atom is 0.240 e. The minimum absolute atomic E-state index is 0.0133. The Morgan fingerprint density at radius 3 is 2.46 bits per heavy atom. The Bertz CT molecular complexity index is 1280. The molecule has 0 fully saturated rings. The van der Waals surface area contributed by atoms with Gasteiger partial charge in [0, 0.05) is 23.6 Å². The molecule has 0 heterocycles. The minimum atomic E-state index is -0.362. The lowest BCUT2D eigenvalue weighted by atomic mass is 10.1. The van der Waals surface area contributed by atoms with Crippen LogP contribution >= 0.6 is 27.5 Å². The van der Waals surface area contributed by atoms with Crippen LogP contribution in [-0.4, -0.2) is 24.6 Å². The monoisotopic (exact) mass is 585 g/mol. The number of aryl methyl sites for hydroxylation is 2. The number of rotatable bonds is 11. The second-order valence-electron chi connectivity index (χ2n) is 8.34. The molecule has 3 aromatic rings. The van der Waals surface area contributed by atoms with E-state index in [0.29, 0.717) is 39.8 Å². The Hall–Kier alpha value is -3.36. The fourth-order valence-corrected chi connectivity index (χ4v) is 4.05. The lowest BCUT2D eigenvalue weighted by Crippen LogP contribution is -2.21. The number of carbonyl (C=O) groups is 2. The fourth-order valence-electron chi connectivity index (χ4n) is 3.35. The molecule has 0 aliphatic carbocycles. The van der Waals surface area contributed by atoms with Crippen LogP contribution in [0.4, 0.5) is 5.69 Å². The standard InChI is InChI=1S/C28H29BrClN3O4/c1-4-36-25-15-21(14-23(29)28(25)37-17-20-7-9-22(30)10-8-20)16-31-33-27(35)12-11-26(34)32-24-13-18(2)5-6-19(24)3/h5-10,13-16H,4,11-12,17H2,1-3H3,(H,32,34)(H,33,35). The minimum Gasteiger partial charge on any atom is -0.490 e. The largest absolute Gasteiger partial charge is 0.490 e. The molecule has 0 aliphatic rings. The van der Waals surface area contributed by atoms with E-state index in [1.807, 2.05) is 69.3 Å². The van der Waals surface area contributed by atoms with Crippen LogP contribution in [0.1, 0.15) is 42.0 Å². The number of benzene rings is 3. The number of anilines is 1. The molecule has 0 unspecified atom stereocenters. The first-order valence-corrected chi connectivity index (χ1v) is 12.9. The first-order valence-electron chi connectivity index (χ1n) is 11.8.